The summed E-state index contributed by atoms with van der Waals surface area (Å²) in [5, 5.41) is 0. The maximum absolute atomic E-state index is 6.22. The Labute approximate surface area is 116 Å². The Kier molecular flexibility index (Phi) is 4.91. The molecule has 19 heavy (non-hydrogen) atoms. The molecule has 4 nitrogen and oxygen atoms in total. The molecule has 0 saturated carbocycles. The first kappa shape index (κ1) is 14.4. The number of likely N-dealkylation sites (tertiary alicyclic amines) is 1. The maximum atomic E-state index is 6.22. The zero-order valence-corrected chi connectivity index (χ0v) is 12.1. The summed E-state index contributed by atoms with van der Waals surface area (Å²) in [5.74, 6) is 0.618. The zero-order valence-electron chi connectivity index (χ0n) is 12.1. The lowest BCUT2D eigenvalue weighted by atomic mass is 9.91. The van der Waals surface area contributed by atoms with Crippen molar-refractivity contribution in [1.29, 1.82) is 0 Å². The van der Waals surface area contributed by atoms with E-state index < -0.39 is 0 Å². The van der Waals surface area contributed by atoms with E-state index in [2.05, 4.69) is 35.9 Å². The van der Waals surface area contributed by atoms with Gasteiger partial charge in [0.25, 0.3) is 0 Å². The summed E-state index contributed by atoms with van der Waals surface area (Å²) < 4.78 is 5.60. The molecule has 1 aromatic heterocycles. The molecule has 4 atom stereocenters. The second-order valence-electron chi connectivity index (χ2n) is 5.62. The van der Waals surface area contributed by atoms with Crippen LogP contribution in [0.2, 0.25) is 0 Å². The highest BCUT2D eigenvalue weighted by atomic mass is 16.5. The van der Waals surface area contributed by atoms with Crippen molar-refractivity contribution in [2.45, 2.75) is 38.5 Å². The monoisotopic (exact) mass is 263 g/mol. The number of pyridine rings is 1. The Morgan fingerprint density at radius 2 is 2.11 bits per heavy atom. The molecule has 2 heterocycles. The van der Waals surface area contributed by atoms with Gasteiger partial charge in [0.05, 0.1) is 6.10 Å². The third kappa shape index (κ3) is 3.32. The molecular weight excluding hydrogens is 238 g/mol. The molecule has 4 unspecified atom stereocenters. The van der Waals surface area contributed by atoms with Crippen molar-refractivity contribution in [3.8, 4) is 0 Å². The van der Waals surface area contributed by atoms with E-state index in [0.717, 1.165) is 19.5 Å². The highest BCUT2D eigenvalue weighted by molar-refractivity contribution is 5.17. The van der Waals surface area contributed by atoms with Crippen molar-refractivity contribution < 1.29 is 4.74 Å². The quantitative estimate of drug-likeness (QED) is 0.900. The molecule has 1 aliphatic rings. The number of nitrogens with zero attached hydrogens (tertiary/aromatic N) is 2. The van der Waals surface area contributed by atoms with Gasteiger partial charge in [0.15, 0.2) is 0 Å². The van der Waals surface area contributed by atoms with Gasteiger partial charge in [-0.05, 0) is 43.5 Å². The minimum absolute atomic E-state index is 0.0910. The number of aromatic nitrogens is 1. The average Bonchev–Trinajstić information content (AvgIpc) is 2.41. The van der Waals surface area contributed by atoms with Crippen molar-refractivity contribution in [2.24, 2.45) is 11.7 Å². The molecule has 0 aromatic carbocycles. The molecule has 0 aliphatic carbocycles. The Hall–Kier alpha value is -0.970. The predicted octanol–water partition coefficient (Wildman–Crippen LogP) is 1.83. The molecule has 0 bridgehead atoms. The number of ether oxygens (including phenoxy) is 1. The summed E-state index contributed by atoms with van der Waals surface area (Å²) in [6.45, 7) is 6.37. The largest absolute Gasteiger partial charge is 0.380 e. The lowest BCUT2D eigenvalue weighted by Gasteiger charge is -2.42. The van der Waals surface area contributed by atoms with Crippen LogP contribution < -0.4 is 5.73 Å². The van der Waals surface area contributed by atoms with Crippen LogP contribution in [0.15, 0.2) is 24.5 Å². The Morgan fingerprint density at radius 1 is 1.42 bits per heavy atom. The maximum Gasteiger partial charge on any atom is 0.0724 e. The lowest BCUT2D eigenvalue weighted by molar-refractivity contribution is -0.0224. The number of hydrogen-bond donors (Lipinski definition) is 1. The summed E-state index contributed by atoms with van der Waals surface area (Å²) in [6, 6.07) is 4.46. The minimum Gasteiger partial charge on any atom is -0.380 e. The lowest BCUT2D eigenvalue weighted by Crippen LogP contribution is -2.49. The van der Waals surface area contributed by atoms with Gasteiger partial charge < -0.3 is 10.5 Å². The van der Waals surface area contributed by atoms with Crippen LogP contribution in [0.1, 0.15) is 31.9 Å². The third-order valence-corrected chi connectivity index (χ3v) is 4.16. The van der Waals surface area contributed by atoms with Gasteiger partial charge in [-0.25, -0.2) is 0 Å². The van der Waals surface area contributed by atoms with Gasteiger partial charge in [0.1, 0.15) is 0 Å². The summed E-state index contributed by atoms with van der Waals surface area (Å²) in [7, 11) is 1.80. The van der Waals surface area contributed by atoms with Crippen molar-refractivity contribution in [3.05, 3.63) is 30.1 Å². The summed E-state index contributed by atoms with van der Waals surface area (Å²) in [4.78, 5) is 6.54. The average molecular weight is 263 g/mol. The number of nitrogens with two attached hydrogens (primary N) is 1. The molecular formula is C15H25N3O. The second kappa shape index (κ2) is 6.46. The topological polar surface area (TPSA) is 51.4 Å². The Morgan fingerprint density at radius 3 is 2.68 bits per heavy atom. The van der Waals surface area contributed by atoms with Crippen LogP contribution in [-0.4, -0.2) is 42.2 Å². The fraction of sp³-hybridized carbons (Fsp3) is 0.667. The van der Waals surface area contributed by atoms with Crippen molar-refractivity contribution in [2.75, 3.05) is 20.2 Å². The molecule has 2 rings (SSSR count). The van der Waals surface area contributed by atoms with Crippen LogP contribution in [-0.2, 0) is 4.74 Å². The van der Waals surface area contributed by atoms with E-state index >= 15 is 0 Å². The van der Waals surface area contributed by atoms with Gasteiger partial charge in [0, 0.05) is 38.1 Å². The van der Waals surface area contributed by atoms with Crippen molar-refractivity contribution in [1.82, 2.24) is 9.88 Å². The van der Waals surface area contributed by atoms with Crippen LogP contribution in [0.5, 0.6) is 0 Å². The Bertz CT molecular complexity index is 382. The molecule has 1 aromatic rings. The van der Waals surface area contributed by atoms with Crippen LogP contribution in [0.3, 0.4) is 0 Å². The van der Waals surface area contributed by atoms with Gasteiger partial charge in [0.2, 0.25) is 0 Å². The molecule has 1 saturated heterocycles. The predicted molar refractivity (Wildman–Crippen MR) is 76.8 cm³/mol. The molecule has 0 spiro atoms. The Balaban J connectivity index is 2.16. The number of methoxy groups -OCH3 is 1. The van der Waals surface area contributed by atoms with Gasteiger partial charge in [-0.1, -0.05) is 6.92 Å². The smallest absolute Gasteiger partial charge is 0.0724 e. The van der Waals surface area contributed by atoms with E-state index in [1.165, 1.54) is 5.56 Å². The standard InChI is InChI=1S/C15H25N3O/c1-11-6-9-18(10-14(11)19-3)15(12(2)16)13-4-7-17-8-5-13/h4-5,7-8,11-12,14-15H,6,9-10,16H2,1-3H3. The van der Waals surface area contributed by atoms with E-state index in [0.29, 0.717) is 12.0 Å². The first-order valence-corrected chi connectivity index (χ1v) is 7.05. The molecule has 106 valence electrons. The second-order valence-corrected chi connectivity index (χ2v) is 5.62. The summed E-state index contributed by atoms with van der Waals surface area (Å²) in [5.41, 5.74) is 7.46. The van der Waals surface area contributed by atoms with E-state index in [-0.39, 0.29) is 12.1 Å². The van der Waals surface area contributed by atoms with Crippen LogP contribution >= 0.6 is 0 Å². The summed E-state index contributed by atoms with van der Waals surface area (Å²) >= 11 is 0. The zero-order chi connectivity index (χ0) is 13.8. The van der Waals surface area contributed by atoms with Crippen LogP contribution in [0.4, 0.5) is 0 Å². The highest BCUT2D eigenvalue weighted by Crippen LogP contribution is 2.29. The van der Waals surface area contributed by atoms with Crippen molar-refractivity contribution >= 4 is 0 Å². The highest BCUT2D eigenvalue weighted by Gasteiger charge is 2.32. The van der Waals surface area contributed by atoms with E-state index in [9.17, 15) is 0 Å². The van der Waals surface area contributed by atoms with Gasteiger partial charge in [-0.2, -0.15) is 0 Å². The molecule has 0 amide bonds. The summed E-state index contributed by atoms with van der Waals surface area (Å²) in [6.07, 6.45) is 5.14. The van der Waals surface area contributed by atoms with E-state index in [1.54, 1.807) is 7.11 Å². The van der Waals surface area contributed by atoms with E-state index in [1.807, 2.05) is 12.4 Å². The number of piperidine rings is 1. The van der Waals surface area contributed by atoms with Crippen LogP contribution in [0, 0.1) is 5.92 Å². The van der Waals surface area contributed by atoms with Gasteiger partial charge >= 0.3 is 0 Å². The fourth-order valence-electron chi connectivity index (χ4n) is 3.02. The third-order valence-electron chi connectivity index (χ3n) is 4.16. The first-order valence-electron chi connectivity index (χ1n) is 7.05. The molecule has 1 fully saturated rings. The molecule has 4 heteroatoms. The molecule has 0 radical (unpaired) electrons. The normalized spacial score (nSPS) is 28.0. The molecule has 1 aliphatic heterocycles. The van der Waals surface area contributed by atoms with Gasteiger partial charge in [-0.3, -0.25) is 9.88 Å². The van der Waals surface area contributed by atoms with Crippen molar-refractivity contribution in [3.63, 3.8) is 0 Å². The first-order chi connectivity index (χ1) is 9.13. The van der Waals surface area contributed by atoms with E-state index in [4.69, 9.17) is 10.5 Å². The number of rotatable bonds is 4. The molecule has 2 N–H and O–H groups in total. The fourth-order valence-corrected chi connectivity index (χ4v) is 3.02. The van der Waals surface area contributed by atoms with Crippen LogP contribution in [0.25, 0.3) is 0 Å². The minimum atomic E-state index is 0.0910. The number of hydrogen-bond acceptors (Lipinski definition) is 4. The van der Waals surface area contributed by atoms with Gasteiger partial charge in [-0.15, -0.1) is 0 Å². The SMILES string of the molecule is COC1CN(C(c2ccncc2)C(C)N)CCC1C.